The van der Waals surface area contributed by atoms with Crippen LogP contribution in [0.3, 0.4) is 0 Å². The van der Waals surface area contributed by atoms with Gasteiger partial charge in [-0.2, -0.15) is 0 Å². The van der Waals surface area contributed by atoms with Crippen LogP contribution in [0, 0.1) is 0 Å². The van der Waals surface area contributed by atoms with Crippen LogP contribution in [0.4, 0.5) is 0 Å². The SMILES string of the molecule is O=Cc1ccccc1CC=CBr. The highest BCUT2D eigenvalue weighted by atomic mass is 79.9. The van der Waals surface area contributed by atoms with E-state index in [1.54, 1.807) is 4.99 Å². The summed E-state index contributed by atoms with van der Waals surface area (Å²) in [5.41, 5.74) is 1.83. The van der Waals surface area contributed by atoms with Gasteiger partial charge < -0.3 is 0 Å². The van der Waals surface area contributed by atoms with Crippen LogP contribution in [-0.4, -0.2) is 6.29 Å². The lowest BCUT2D eigenvalue weighted by molar-refractivity contribution is 0.112. The van der Waals surface area contributed by atoms with Crippen molar-refractivity contribution in [3.8, 4) is 0 Å². The average Bonchev–Trinajstić information content (AvgIpc) is 2.15. The summed E-state index contributed by atoms with van der Waals surface area (Å²) in [6.07, 6.45) is 3.64. The van der Waals surface area contributed by atoms with Gasteiger partial charge in [0.05, 0.1) is 0 Å². The number of allylic oxidation sites excluding steroid dienone is 1. The van der Waals surface area contributed by atoms with Gasteiger partial charge in [-0.3, -0.25) is 4.79 Å². The van der Waals surface area contributed by atoms with Crippen molar-refractivity contribution in [1.82, 2.24) is 0 Å². The van der Waals surface area contributed by atoms with E-state index in [0.717, 1.165) is 23.8 Å². The Morgan fingerprint density at radius 1 is 1.33 bits per heavy atom. The van der Waals surface area contributed by atoms with Crippen molar-refractivity contribution < 1.29 is 4.79 Å². The molecule has 0 aliphatic rings. The highest BCUT2D eigenvalue weighted by Crippen LogP contribution is 2.07. The quantitative estimate of drug-likeness (QED) is 0.722. The molecule has 2 heteroatoms. The van der Waals surface area contributed by atoms with Gasteiger partial charge in [0.2, 0.25) is 0 Å². The summed E-state index contributed by atoms with van der Waals surface area (Å²) in [6.45, 7) is 0. The summed E-state index contributed by atoms with van der Waals surface area (Å²) in [5.74, 6) is 0. The van der Waals surface area contributed by atoms with E-state index in [1.165, 1.54) is 0 Å². The maximum atomic E-state index is 10.6. The van der Waals surface area contributed by atoms with Crippen LogP contribution in [0.2, 0.25) is 0 Å². The Morgan fingerprint density at radius 2 is 2.08 bits per heavy atom. The molecule has 0 fully saturated rings. The number of halogens is 1. The van der Waals surface area contributed by atoms with E-state index in [0.29, 0.717) is 0 Å². The first-order valence-electron chi connectivity index (χ1n) is 3.67. The van der Waals surface area contributed by atoms with Gasteiger partial charge in [-0.05, 0) is 17.0 Å². The molecule has 0 bridgehead atoms. The van der Waals surface area contributed by atoms with Crippen LogP contribution in [0.25, 0.3) is 0 Å². The fraction of sp³-hybridized carbons (Fsp3) is 0.100. The zero-order valence-electron chi connectivity index (χ0n) is 6.53. The number of aldehydes is 1. The van der Waals surface area contributed by atoms with Crippen molar-refractivity contribution in [3.05, 3.63) is 46.5 Å². The van der Waals surface area contributed by atoms with Gasteiger partial charge in [0.15, 0.2) is 0 Å². The summed E-state index contributed by atoms with van der Waals surface area (Å²) in [6, 6.07) is 7.58. The van der Waals surface area contributed by atoms with Gasteiger partial charge in [-0.25, -0.2) is 0 Å². The van der Waals surface area contributed by atoms with Crippen molar-refractivity contribution in [2.24, 2.45) is 0 Å². The Labute approximate surface area is 80.2 Å². The summed E-state index contributed by atoms with van der Waals surface area (Å²) < 4.78 is 0. The fourth-order valence-corrected chi connectivity index (χ4v) is 1.19. The lowest BCUT2D eigenvalue weighted by atomic mass is 10.1. The Hall–Kier alpha value is -0.890. The van der Waals surface area contributed by atoms with Crippen LogP contribution in [-0.2, 0) is 6.42 Å². The van der Waals surface area contributed by atoms with Gasteiger partial charge >= 0.3 is 0 Å². The largest absolute Gasteiger partial charge is 0.298 e. The molecule has 0 aliphatic carbocycles. The Bertz CT molecular complexity index is 292. The molecule has 0 aliphatic heterocycles. The maximum Gasteiger partial charge on any atom is 0.150 e. The molecule has 0 saturated carbocycles. The molecule has 0 saturated heterocycles. The average molecular weight is 225 g/mol. The predicted octanol–water partition coefficient (Wildman–Crippen LogP) is 2.95. The molecule has 0 spiro atoms. The molecule has 0 N–H and O–H groups in total. The van der Waals surface area contributed by atoms with E-state index in [2.05, 4.69) is 15.9 Å². The molecule has 1 nitrogen and oxygen atoms in total. The lowest BCUT2D eigenvalue weighted by Crippen LogP contribution is -1.89. The molecule has 0 unspecified atom stereocenters. The Kier molecular flexibility index (Phi) is 3.74. The van der Waals surface area contributed by atoms with E-state index in [4.69, 9.17) is 0 Å². The van der Waals surface area contributed by atoms with Gasteiger partial charge in [-0.1, -0.05) is 46.3 Å². The molecular weight excluding hydrogens is 216 g/mol. The molecule has 62 valence electrons. The first-order valence-corrected chi connectivity index (χ1v) is 4.58. The molecule has 0 atom stereocenters. The van der Waals surface area contributed by atoms with Crippen molar-refractivity contribution in [1.29, 1.82) is 0 Å². The van der Waals surface area contributed by atoms with Gasteiger partial charge in [0, 0.05) is 5.56 Å². The smallest absolute Gasteiger partial charge is 0.150 e. The van der Waals surface area contributed by atoms with E-state index in [-0.39, 0.29) is 0 Å². The zero-order valence-corrected chi connectivity index (χ0v) is 8.12. The predicted molar refractivity (Wildman–Crippen MR) is 53.6 cm³/mol. The number of carbonyl (C=O) groups excluding carboxylic acids is 1. The minimum atomic E-state index is 0.767. The maximum absolute atomic E-state index is 10.6. The third-order valence-corrected chi connectivity index (χ3v) is 1.98. The molecule has 12 heavy (non-hydrogen) atoms. The van der Waals surface area contributed by atoms with Gasteiger partial charge in [-0.15, -0.1) is 0 Å². The second-order valence-corrected chi connectivity index (χ2v) is 2.91. The van der Waals surface area contributed by atoms with Crippen molar-refractivity contribution >= 4 is 22.2 Å². The highest BCUT2D eigenvalue weighted by Gasteiger charge is 1.96. The van der Waals surface area contributed by atoms with Crippen LogP contribution >= 0.6 is 15.9 Å². The zero-order chi connectivity index (χ0) is 8.81. The summed E-state index contributed by atoms with van der Waals surface area (Å²) in [7, 11) is 0. The summed E-state index contributed by atoms with van der Waals surface area (Å²) >= 11 is 3.18. The minimum Gasteiger partial charge on any atom is -0.298 e. The highest BCUT2D eigenvalue weighted by molar-refractivity contribution is 9.11. The monoisotopic (exact) mass is 224 g/mol. The van der Waals surface area contributed by atoms with Crippen LogP contribution < -0.4 is 0 Å². The van der Waals surface area contributed by atoms with Gasteiger partial charge in [0.25, 0.3) is 0 Å². The summed E-state index contributed by atoms with van der Waals surface area (Å²) in [5, 5.41) is 0. The molecule has 0 amide bonds. The van der Waals surface area contributed by atoms with Crippen LogP contribution in [0.15, 0.2) is 35.3 Å². The minimum absolute atomic E-state index is 0.767. The van der Waals surface area contributed by atoms with Crippen molar-refractivity contribution in [3.63, 3.8) is 0 Å². The number of hydrogen-bond donors (Lipinski definition) is 0. The van der Waals surface area contributed by atoms with Gasteiger partial charge in [0.1, 0.15) is 6.29 Å². The normalized spacial score (nSPS) is 10.4. The molecule has 1 aromatic carbocycles. The molecule has 0 radical (unpaired) electrons. The Morgan fingerprint density at radius 3 is 2.75 bits per heavy atom. The van der Waals surface area contributed by atoms with Crippen molar-refractivity contribution in [2.45, 2.75) is 6.42 Å². The molecule has 1 rings (SSSR count). The molecule has 1 aromatic rings. The number of hydrogen-bond acceptors (Lipinski definition) is 1. The fourth-order valence-electron chi connectivity index (χ4n) is 1.01. The number of benzene rings is 1. The standard InChI is InChI=1S/C10H9BrO/c11-7-3-6-9-4-1-2-5-10(9)8-12/h1-5,7-8H,6H2. The molecule has 0 aromatic heterocycles. The first kappa shape index (κ1) is 9.20. The number of carbonyl (C=O) groups is 1. The summed E-state index contributed by atoms with van der Waals surface area (Å²) in [4.78, 5) is 12.4. The third kappa shape index (κ3) is 2.31. The first-order chi connectivity index (χ1) is 5.88. The van der Waals surface area contributed by atoms with E-state index < -0.39 is 0 Å². The van der Waals surface area contributed by atoms with Crippen LogP contribution in [0.5, 0.6) is 0 Å². The third-order valence-electron chi connectivity index (χ3n) is 1.61. The lowest BCUT2D eigenvalue weighted by Gasteiger charge is -1.98. The molecule has 0 heterocycles. The Balaban J connectivity index is 2.89. The van der Waals surface area contributed by atoms with Crippen LogP contribution in [0.1, 0.15) is 15.9 Å². The topological polar surface area (TPSA) is 17.1 Å². The van der Waals surface area contributed by atoms with E-state index in [1.807, 2.05) is 30.3 Å². The second kappa shape index (κ2) is 4.88. The van der Waals surface area contributed by atoms with E-state index >= 15 is 0 Å². The van der Waals surface area contributed by atoms with E-state index in [9.17, 15) is 4.79 Å². The second-order valence-electron chi connectivity index (χ2n) is 2.38. The number of rotatable bonds is 3. The van der Waals surface area contributed by atoms with Crippen molar-refractivity contribution in [2.75, 3.05) is 0 Å². The molecular formula is C10H9BrO.